The van der Waals surface area contributed by atoms with Crippen molar-refractivity contribution in [2.45, 2.75) is 19.0 Å². The Morgan fingerprint density at radius 3 is 3.07 bits per heavy atom. The molecule has 0 spiro atoms. The average molecular weight is 232 g/mol. The van der Waals surface area contributed by atoms with Crippen LogP contribution in [-0.2, 0) is 11.3 Å². The number of hydrogen-bond donors (Lipinski definition) is 1. The summed E-state index contributed by atoms with van der Waals surface area (Å²) in [6, 6.07) is 2.26. The average Bonchev–Trinajstić information content (AvgIpc) is 2.71. The number of nitrogens with zero attached hydrogens (tertiary/aromatic N) is 2. The van der Waals surface area contributed by atoms with Crippen LogP contribution in [0.1, 0.15) is 6.42 Å². The van der Waals surface area contributed by atoms with Gasteiger partial charge in [-0.15, -0.1) is 11.6 Å². The Morgan fingerprint density at radius 2 is 2.47 bits per heavy atom. The van der Waals surface area contributed by atoms with Gasteiger partial charge in [0.05, 0.1) is 13.2 Å². The van der Waals surface area contributed by atoms with Gasteiger partial charge in [-0.05, 0) is 12.5 Å². The number of alkyl halides is 1. The minimum atomic E-state index is 0.336. The number of rotatable bonds is 8. The zero-order valence-corrected chi connectivity index (χ0v) is 9.78. The van der Waals surface area contributed by atoms with E-state index in [-0.39, 0.29) is 0 Å². The van der Waals surface area contributed by atoms with Crippen molar-refractivity contribution < 1.29 is 4.74 Å². The largest absolute Gasteiger partial charge is 0.383 e. The van der Waals surface area contributed by atoms with E-state index >= 15 is 0 Å². The van der Waals surface area contributed by atoms with Gasteiger partial charge in [-0.2, -0.15) is 5.10 Å². The first-order chi connectivity index (χ1) is 7.36. The van der Waals surface area contributed by atoms with E-state index in [0.717, 1.165) is 19.5 Å². The van der Waals surface area contributed by atoms with Gasteiger partial charge in [-0.25, -0.2) is 0 Å². The van der Waals surface area contributed by atoms with Crippen LogP contribution in [-0.4, -0.2) is 42.0 Å². The Labute approximate surface area is 95.6 Å². The molecule has 0 fully saturated rings. The van der Waals surface area contributed by atoms with E-state index in [2.05, 4.69) is 10.4 Å². The van der Waals surface area contributed by atoms with E-state index in [1.165, 1.54) is 0 Å². The van der Waals surface area contributed by atoms with Crippen LogP contribution in [0.4, 0.5) is 0 Å². The quantitative estimate of drug-likeness (QED) is 0.682. The zero-order valence-electron chi connectivity index (χ0n) is 9.03. The first kappa shape index (κ1) is 12.5. The van der Waals surface area contributed by atoms with Gasteiger partial charge in [0.2, 0.25) is 0 Å². The van der Waals surface area contributed by atoms with Gasteiger partial charge >= 0.3 is 0 Å². The van der Waals surface area contributed by atoms with Crippen molar-refractivity contribution in [2.24, 2.45) is 0 Å². The van der Waals surface area contributed by atoms with Crippen molar-refractivity contribution in [2.75, 3.05) is 26.1 Å². The molecule has 1 aromatic rings. The summed E-state index contributed by atoms with van der Waals surface area (Å²) in [5.74, 6) is 0.656. The van der Waals surface area contributed by atoms with Gasteiger partial charge in [-0.3, -0.25) is 4.68 Å². The predicted molar refractivity (Wildman–Crippen MR) is 61.2 cm³/mol. The fourth-order valence-electron chi connectivity index (χ4n) is 1.39. The van der Waals surface area contributed by atoms with Crippen LogP contribution in [0, 0.1) is 0 Å². The van der Waals surface area contributed by atoms with E-state index < -0.39 is 0 Å². The highest BCUT2D eigenvalue weighted by Gasteiger charge is 2.05. The zero-order chi connectivity index (χ0) is 10.9. The first-order valence-electron chi connectivity index (χ1n) is 5.12. The summed E-state index contributed by atoms with van der Waals surface area (Å²) in [6.45, 7) is 2.45. The lowest BCUT2D eigenvalue weighted by molar-refractivity contribution is 0.164. The molecule has 0 saturated heterocycles. The standard InChI is InChI=1S/C10H18ClN3O/c1-15-9-10(3-4-11)12-6-8-14-7-2-5-13-14/h2,5,7,10,12H,3-4,6,8-9H2,1H3. The van der Waals surface area contributed by atoms with Gasteiger partial charge < -0.3 is 10.1 Å². The first-order valence-corrected chi connectivity index (χ1v) is 5.66. The Bertz CT molecular complexity index is 235. The molecule has 0 bridgehead atoms. The molecule has 0 aromatic carbocycles. The van der Waals surface area contributed by atoms with Gasteiger partial charge in [0.25, 0.3) is 0 Å². The van der Waals surface area contributed by atoms with Crippen LogP contribution in [0.3, 0.4) is 0 Å². The smallest absolute Gasteiger partial charge is 0.0616 e. The van der Waals surface area contributed by atoms with Crippen LogP contribution in [0.5, 0.6) is 0 Å². The molecular weight excluding hydrogens is 214 g/mol. The minimum Gasteiger partial charge on any atom is -0.383 e. The molecule has 0 amide bonds. The molecule has 1 heterocycles. The summed E-state index contributed by atoms with van der Waals surface area (Å²) in [4.78, 5) is 0. The third-order valence-electron chi connectivity index (χ3n) is 2.16. The van der Waals surface area contributed by atoms with Gasteiger partial charge in [0.1, 0.15) is 0 Å². The lowest BCUT2D eigenvalue weighted by Crippen LogP contribution is -2.35. The highest BCUT2D eigenvalue weighted by Crippen LogP contribution is 1.95. The second-order valence-corrected chi connectivity index (χ2v) is 3.73. The van der Waals surface area contributed by atoms with Crippen molar-refractivity contribution in [1.82, 2.24) is 15.1 Å². The van der Waals surface area contributed by atoms with Gasteiger partial charge in [0.15, 0.2) is 0 Å². The van der Waals surface area contributed by atoms with Crippen LogP contribution in [0.2, 0.25) is 0 Å². The van der Waals surface area contributed by atoms with Crippen molar-refractivity contribution in [3.8, 4) is 0 Å². The molecular formula is C10H18ClN3O. The molecule has 86 valence electrons. The summed E-state index contributed by atoms with van der Waals surface area (Å²) in [5, 5.41) is 7.51. The van der Waals surface area contributed by atoms with Crippen molar-refractivity contribution >= 4 is 11.6 Å². The number of aromatic nitrogens is 2. The third kappa shape index (κ3) is 5.16. The summed E-state index contributed by atoms with van der Waals surface area (Å²) in [7, 11) is 1.70. The molecule has 0 aliphatic heterocycles. The lowest BCUT2D eigenvalue weighted by atomic mass is 10.2. The SMILES string of the molecule is COCC(CCCl)NCCn1cccn1. The molecule has 0 saturated carbocycles. The topological polar surface area (TPSA) is 39.1 Å². The predicted octanol–water partition coefficient (Wildman–Crippen LogP) is 1.12. The number of halogens is 1. The van der Waals surface area contributed by atoms with E-state index in [4.69, 9.17) is 16.3 Å². The Hall–Kier alpha value is -0.580. The van der Waals surface area contributed by atoms with Crippen LogP contribution in [0.25, 0.3) is 0 Å². The molecule has 1 unspecified atom stereocenters. The fraction of sp³-hybridized carbons (Fsp3) is 0.700. The van der Waals surface area contributed by atoms with Gasteiger partial charge in [0, 0.05) is 38.0 Å². The molecule has 1 N–H and O–H groups in total. The molecule has 0 aliphatic carbocycles. The molecule has 0 radical (unpaired) electrons. The second kappa shape index (κ2) is 7.68. The molecule has 1 aromatic heterocycles. The molecule has 15 heavy (non-hydrogen) atoms. The van der Waals surface area contributed by atoms with Crippen molar-refractivity contribution in [3.63, 3.8) is 0 Å². The maximum atomic E-state index is 5.70. The number of hydrogen-bond acceptors (Lipinski definition) is 3. The van der Waals surface area contributed by atoms with E-state index in [1.807, 2.05) is 16.9 Å². The Balaban J connectivity index is 2.15. The summed E-state index contributed by atoms with van der Waals surface area (Å²) >= 11 is 5.70. The van der Waals surface area contributed by atoms with Crippen LogP contribution in [0.15, 0.2) is 18.5 Å². The minimum absolute atomic E-state index is 0.336. The highest BCUT2D eigenvalue weighted by molar-refractivity contribution is 6.17. The molecule has 5 heteroatoms. The highest BCUT2D eigenvalue weighted by atomic mass is 35.5. The third-order valence-corrected chi connectivity index (χ3v) is 2.38. The molecule has 1 atom stereocenters. The van der Waals surface area contributed by atoms with Crippen LogP contribution < -0.4 is 5.32 Å². The van der Waals surface area contributed by atoms with Crippen LogP contribution >= 0.6 is 11.6 Å². The number of methoxy groups -OCH3 is 1. The summed E-state index contributed by atoms with van der Waals surface area (Å²) in [5.41, 5.74) is 0. The maximum absolute atomic E-state index is 5.70. The number of ether oxygens (including phenoxy) is 1. The monoisotopic (exact) mass is 231 g/mol. The Kier molecular flexibility index (Phi) is 6.39. The number of nitrogens with one attached hydrogen (secondary N) is 1. The van der Waals surface area contributed by atoms with E-state index in [1.54, 1.807) is 13.3 Å². The van der Waals surface area contributed by atoms with E-state index in [9.17, 15) is 0 Å². The van der Waals surface area contributed by atoms with Crippen molar-refractivity contribution in [3.05, 3.63) is 18.5 Å². The lowest BCUT2D eigenvalue weighted by Gasteiger charge is -2.16. The summed E-state index contributed by atoms with van der Waals surface area (Å²) in [6.07, 6.45) is 4.66. The Morgan fingerprint density at radius 1 is 1.60 bits per heavy atom. The van der Waals surface area contributed by atoms with Gasteiger partial charge in [-0.1, -0.05) is 0 Å². The van der Waals surface area contributed by atoms with Crippen molar-refractivity contribution in [1.29, 1.82) is 0 Å². The molecule has 0 aliphatic rings. The fourth-order valence-corrected chi connectivity index (χ4v) is 1.66. The van der Waals surface area contributed by atoms with E-state index in [0.29, 0.717) is 18.5 Å². The maximum Gasteiger partial charge on any atom is 0.0616 e. The summed E-state index contributed by atoms with van der Waals surface area (Å²) < 4.78 is 7.00. The molecule has 1 rings (SSSR count). The second-order valence-electron chi connectivity index (χ2n) is 3.35. The molecule has 4 nitrogen and oxygen atoms in total. The normalized spacial score (nSPS) is 12.9.